The van der Waals surface area contributed by atoms with Gasteiger partial charge in [0.1, 0.15) is 22.4 Å². The Balaban J connectivity index is 1.37. The number of thiocarbonyl (C=S) groups is 1. The van der Waals surface area contributed by atoms with Gasteiger partial charge in [-0.15, -0.1) is 0 Å². The van der Waals surface area contributed by atoms with E-state index < -0.39 is 5.97 Å². The lowest BCUT2D eigenvalue weighted by Gasteiger charge is -2.17. The number of benzene rings is 3. The van der Waals surface area contributed by atoms with E-state index in [1.165, 1.54) is 24.6 Å². The Labute approximate surface area is 266 Å². The fourth-order valence-corrected chi connectivity index (χ4v) is 6.71. The molecule has 0 unspecified atom stereocenters. The highest BCUT2D eigenvalue weighted by Crippen LogP contribution is 2.38. The molecule has 0 radical (unpaired) electrons. The number of carbonyl (C=O) groups is 2. The summed E-state index contributed by atoms with van der Waals surface area (Å²) in [6.07, 6.45) is 4.84. The van der Waals surface area contributed by atoms with Gasteiger partial charge >= 0.3 is 5.97 Å². The van der Waals surface area contributed by atoms with Crippen LogP contribution >= 0.6 is 35.6 Å². The van der Waals surface area contributed by atoms with Crippen molar-refractivity contribution in [2.75, 3.05) is 39.4 Å². The fourth-order valence-electron chi connectivity index (χ4n) is 5.13. The number of likely N-dealkylation sites (tertiary alicyclic amines) is 1. The van der Waals surface area contributed by atoms with E-state index in [9.17, 15) is 9.59 Å². The van der Waals surface area contributed by atoms with Crippen LogP contribution in [0.2, 0.25) is 5.02 Å². The topological polar surface area (TPSA) is 79.3 Å². The van der Waals surface area contributed by atoms with Crippen molar-refractivity contribution in [3.63, 3.8) is 0 Å². The first kappa shape index (κ1) is 31.1. The zero-order valence-electron chi connectivity index (χ0n) is 23.9. The minimum absolute atomic E-state index is 0.162. The van der Waals surface area contributed by atoms with Crippen molar-refractivity contribution in [3.8, 4) is 22.6 Å². The molecule has 2 fully saturated rings. The van der Waals surface area contributed by atoms with Crippen molar-refractivity contribution in [2.45, 2.75) is 26.2 Å². The molecule has 0 bridgehead atoms. The molecule has 0 aliphatic carbocycles. The van der Waals surface area contributed by atoms with E-state index in [-0.39, 0.29) is 11.5 Å². The minimum atomic E-state index is -0.970. The second-order valence-electron chi connectivity index (χ2n) is 10.3. The molecule has 0 spiro atoms. The van der Waals surface area contributed by atoms with Crippen LogP contribution in [-0.2, 0) is 11.2 Å². The summed E-state index contributed by atoms with van der Waals surface area (Å²) < 4.78 is 12.3. The van der Waals surface area contributed by atoms with Gasteiger partial charge in [0.05, 0.1) is 22.1 Å². The van der Waals surface area contributed by atoms with Gasteiger partial charge in [-0.3, -0.25) is 14.6 Å². The SMILES string of the molecule is CCOc1ccc(-c2ccc(OCCN3CCCC3)c(/C=C3\SC(=S)N(CCc4ccc(C(=O)O)cc4)C3=O)c2)c(Cl)c1. The van der Waals surface area contributed by atoms with Crippen LogP contribution in [0.4, 0.5) is 0 Å². The number of carboxylic acids is 1. The average molecular weight is 637 g/mol. The minimum Gasteiger partial charge on any atom is -0.494 e. The number of thioether (sulfide) groups is 1. The van der Waals surface area contributed by atoms with E-state index in [1.807, 2.05) is 43.3 Å². The number of aromatic carboxylic acids is 1. The molecule has 2 saturated heterocycles. The molecule has 7 nitrogen and oxygen atoms in total. The smallest absolute Gasteiger partial charge is 0.335 e. The molecule has 2 heterocycles. The van der Waals surface area contributed by atoms with Crippen LogP contribution in [0.5, 0.6) is 11.5 Å². The Bertz CT molecular complexity index is 1540. The van der Waals surface area contributed by atoms with Gasteiger partial charge in [-0.05, 0) is 98.9 Å². The van der Waals surface area contributed by atoms with Gasteiger partial charge in [-0.2, -0.15) is 0 Å². The normalized spacial score (nSPS) is 16.3. The summed E-state index contributed by atoms with van der Waals surface area (Å²) in [4.78, 5) is 29.1. The van der Waals surface area contributed by atoms with Crippen molar-refractivity contribution in [1.82, 2.24) is 9.80 Å². The second kappa shape index (κ2) is 14.4. The van der Waals surface area contributed by atoms with E-state index in [0.29, 0.717) is 51.9 Å². The first-order valence-corrected chi connectivity index (χ1v) is 15.9. The number of ether oxygens (including phenoxy) is 2. The monoisotopic (exact) mass is 636 g/mol. The third-order valence-corrected chi connectivity index (χ3v) is 9.11. The van der Waals surface area contributed by atoms with Crippen molar-refractivity contribution in [2.24, 2.45) is 0 Å². The van der Waals surface area contributed by atoms with Crippen LogP contribution in [0, 0.1) is 0 Å². The lowest BCUT2D eigenvalue weighted by Crippen LogP contribution is -2.30. The maximum absolute atomic E-state index is 13.5. The van der Waals surface area contributed by atoms with Crippen LogP contribution in [0.1, 0.15) is 41.3 Å². The molecular formula is C33H33ClN2O5S2. The van der Waals surface area contributed by atoms with Crippen LogP contribution in [-0.4, -0.2) is 70.5 Å². The summed E-state index contributed by atoms with van der Waals surface area (Å²) in [6, 6.07) is 18.2. The molecule has 1 amide bonds. The van der Waals surface area contributed by atoms with Crippen molar-refractivity contribution < 1.29 is 24.2 Å². The molecule has 2 aliphatic rings. The van der Waals surface area contributed by atoms with Crippen LogP contribution in [0.3, 0.4) is 0 Å². The number of carbonyl (C=O) groups excluding carboxylic acids is 1. The van der Waals surface area contributed by atoms with Gasteiger partial charge in [0.15, 0.2) is 0 Å². The van der Waals surface area contributed by atoms with Crippen molar-refractivity contribution in [1.29, 1.82) is 0 Å². The summed E-state index contributed by atoms with van der Waals surface area (Å²) in [5, 5.41) is 9.71. The van der Waals surface area contributed by atoms with E-state index in [0.717, 1.165) is 41.9 Å². The number of nitrogens with zero attached hydrogens (tertiary/aromatic N) is 2. The van der Waals surface area contributed by atoms with Crippen LogP contribution < -0.4 is 9.47 Å². The molecule has 0 atom stereocenters. The summed E-state index contributed by atoms with van der Waals surface area (Å²) >= 11 is 13.5. The Kier molecular flexibility index (Phi) is 10.4. The van der Waals surface area contributed by atoms with E-state index in [1.54, 1.807) is 35.2 Å². The predicted molar refractivity (Wildman–Crippen MR) is 176 cm³/mol. The molecular weight excluding hydrogens is 604 g/mol. The molecule has 0 aromatic heterocycles. The molecule has 3 aromatic carbocycles. The third kappa shape index (κ3) is 7.78. The summed E-state index contributed by atoms with van der Waals surface area (Å²) in [6.45, 7) is 6.47. The second-order valence-corrected chi connectivity index (χ2v) is 12.4. The maximum atomic E-state index is 13.5. The molecule has 10 heteroatoms. The number of hydrogen-bond acceptors (Lipinski definition) is 7. The molecule has 0 saturated carbocycles. The quantitative estimate of drug-likeness (QED) is 0.168. The first-order chi connectivity index (χ1) is 20.8. The Morgan fingerprint density at radius 2 is 1.81 bits per heavy atom. The fraction of sp³-hybridized carbons (Fsp3) is 0.303. The van der Waals surface area contributed by atoms with E-state index in [4.69, 9.17) is 38.4 Å². The highest BCUT2D eigenvalue weighted by Gasteiger charge is 2.32. The van der Waals surface area contributed by atoms with Gasteiger partial charge in [0.2, 0.25) is 0 Å². The van der Waals surface area contributed by atoms with Gasteiger partial charge in [-0.1, -0.05) is 53.8 Å². The average Bonchev–Trinajstić information content (AvgIpc) is 3.60. The van der Waals surface area contributed by atoms with E-state index in [2.05, 4.69) is 4.90 Å². The van der Waals surface area contributed by atoms with E-state index >= 15 is 0 Å². The highest BCUT2D eigenvalue weighted by molar-refractivity contribution is 8.26. The maximum Gasteiger partial charge on any atom is 0.335 e. The molecule has 1 N–H and O–H groups in total. The van der Waals surface area contributed by atoms with Crippen molar-refractivity contribution in [3.05, 3.63) is 87.3 Å². The zero-order valence-corrected chi connectivity index (χ0v) is 26.3. The van der Waals surface area contributed by atoms with Gasteiger partial charge in [0.25, 0.3) is 5.91 Å². The van der Waals surface area contributed by atoms with Crippen molar-refractivity contribution >= 4 is 57.9 Å². The number of carboxylic acid groups (broad SMARTS) is 1. The predicted octanol–water partition coefficient (Wildman–Crippen LogP) is 7.02. The molecule has 3 aromatic rings. The highest BCUT2D eigenvalue weighted by atomic mass is 35.5. The molecule has 2 aliphatic heterocycles. The number of amides is 1. The lowest BCUT2D eigenvalue weighted by molar-refractivity contribution is -0.122. The van der Waals surface area contributed by atoms with Crippen LogP contribution in [0.25, 0.3) is 17.2 Å². The molecule has 43 heavy (non-hydrogen) atoms. The van der Waals surface area contributed by atoms with Gasteiger partial charge < -0.3 is 14.6 Å². The van der Waals surface area contributed by atoms with Gasteiger partial charge in [-0.25, -0.2) is 4.79 Å². The number of rotatable bonds is 12. The summed E-state index contributed by atoms with van der Waals surface area (Å²) in [5.74, 6) is 0.264. The summed E-state index contributed by atoms with van der Waals surface area (Å²) in [7, 11) is 0. The number of halogens is 1. The van der Waals surface area contributed by atoms with Gasteiger partial charge in [0, 0.05) is 24.2 Å². The lowest BCUT2D eigenvalue weighted by atomic mass is 10.0. The Hall–Kier alpha value is -3.37. The first-order valence-electron chi connectivity index (χ1n) is 14.3. The van der Waals surface area contributed by atoms with Crippen LogP contribution in [0.15, 0.2) is 65.6 Å². The Morgan fingerprint density at radius 3 is 2.51 bits per heavy atom. The largest absolute Gasteiger partial charge is 0.494 e. The third-order valence-electron chi connectivity index (χ3n) is 7.42. The number of hydrogen-bond donors (Lipinski definition) is 1. The zero-order chi connectivity index (χ0) is 30.3. The molecule has 224 valence electrons. The standard InChI is InChI=1S/C33H33ClN2O5S2/c1-2-40-26-10-11-27(28(34)21-26)24-9-12-29(41-18-17-35-14-3-4-15-35)25(19-24)20-30-31(37)36(33(42)43-30)16-13-22-5-7-23(8-6-22)32(38)39/h5-12,19-21H,2-4,13-18H2,1H3,(H,38,39)/b30-20-. The Morgan fingerprint density at radius 1 is 1.05 bits per heavy atom. The molecule has 5 rings (SSSR count). The summed E-state index contributed by atoms with van der Waals surface area (Å²) in [5.41, 5.74) is 3.67.